The summed E-state index contributed by atoms with van der Waals surface area (Å²) < 4.78 is 27.6. The Morgan fingerprint density at radius 3 is 2.80 bits per heavy atom. The summed E-state index contributed by atoms with van der Waals surface area (Å²) in [4.78, 5) is 11.1. The maximum Gasteiger partial charge on any atom is 0.146 e. The lowest BCUT2D eigenvalue weighted by Crippen LogP contribution is -2.51. The standard InChI is InChI=1S/C27H34FN5O2/c1-27(2)7-6-22(35-27)15-34-21-5-3-4-18(10-21)23-14-33(26-24(23)25(29)30-16-31-26)20-8-17(9-20)11-32-12-19(28)13-32/h3-5,10,14,16-17,19-20,22H,6-9,11-13,15H2,1-2H3,(H2,29,30,31). The van der Waals surface area contributed by atoms with Gasteiger partial charge >= 0.3 is 0 Å². The molecule has 3 aromatic rings. The Kier molecular flexibility index (Phi) is 5.68. The van der Waals surface area contributed by atoms with Crippen LogP contribution >= 0.6 is 0 Å². The number of likely N-dealkylation sites (tertiary alicyclic amines) is 1. The maximum atomic E-state index is 13.2. The molecule has 3 fully saturated rings. The number of benzene rings is 1. The smallest absolute Gasteiger partial charge is 0.146 e. The Morgan fingerprint density at radius 1 is 1.23 bits per heavy atom. The van der Waals surface area contributed by atoms with Gasteiger partial charge in [0, 0.05) is 37.4 Å². The highest BCUT2D eigenvalue weighted by Gasteiger charge is 2.36. The number of alkyl halides is 1. The van der Waals surface area contributed by atoms with Crippen LogP contribution in [-0.2, 0) is 4.74 Å². The van der Waals surface area contributed by atoms with E-state index in [9.17, 15) is 4.39 Å². The minimum absolute atomic E-state index is 0.0688. The molecule has 3 aliphatic rings. The van der Waals surface area contributed by atoms with Gasteiger partial charge < -0.3 is 19.8 Å². The maximum absolute atomic E-state index is 13.2. The largest absolute Gasteiger partial charge is 0.491 e. The van der Waals surface area contributed by atoms with Crippen molar-refractivity contribution in [3.05, 3.63) is 36.8 Å². The van der Waals surface area contributed by atoms with E-state index in [1.165, 1.54) is 6.33 Å². The van der Waals surface area contributed by atoms with Crippen molar-refractivity contribution in [2.45, 2.75) is 63.4 Å². The second-order valence-electron chi connectivity index (χ2n) is 11.1. The summed E-state index contributed by atoms with van der Waals surface area (Å²) in [6, 6.07) is 8.51. The van der Waals surface area contributed by atoms with E-state index in [-0.39, 0.29) is 11.7 Å². The summed E-state index contributed by atoms with van der Waals surface area (Å²) in [7, 11) is 0. The number of ether oxygens (including phenoxy) is 2. The van der Waals surface area contributed by atoms with E-state index < -0.39 is 6.17 Å². The molecule has 1 saturated carbocycles. The van der Waals surface area contributed by atoms with Gasteiger partial charge in [0.25, 0.3) is 0 Å². The summed E-state index contributed by atoms with van der Waals surface area (Å²) in [5, 5.41) is 0.886. The van der Waals surface area contributed by atoms with Crippen LogP contribution in [0.3, 0.4) is 0 Å². The monoisotopic (exact) mass is 479 g/mol. The highest BCUT2D eigenvalue weighted by atomic mass is 19.1. The van der Waals surface area contributed by atoms with Gasteiger partial charge in [0.2, 0.25) is 0 Å². The number of nitrogens with two attached hydrogens (primary N) is 1. The van der Waals surface area contributed by atoms with Gasteiger partial charge in [-0.05, 0) is 63.1 Å². The molecule has 0 radical (unpaired) electrons. The summed E-state index contributed by atoms with van der Waals surface area (Å²) in [6.07, 6.45) is 7.40. The Balaban J connectivity index is 1.21. The van der Waals surface area contributed by atoms with Crippen molar-refractivity contribution in [1.82, 2.24) is 19.4 Å². The molecular weight excluding hydrogens is 445 g/mol. The number of fused-ring (bicyclic) bond motifs is 1. The molecule has 4 heterocycles. The van der Waals surface area contributed by atoms with Crippen LogP contribution < -0.4 is 10.5 Å². The molecule has 0 spiro atoms. The first kappa shape index (κ1) is 22.7. The van der Waals surface area contributed by atoms with Crippen LogP contribution in [0.25, 0.3) is 22.2 Å². The minimum atomic E-state index is -0.640. The van der Waals surface area contributed by atoms with E-state index in [0.717, 1.165) is 60.1 Å². The molecule has 35 heavy (non-hydrogen) atoms. The van der Waals surface area contributed by atoms with Gasteiger partial charge in [-0.2, -0.15) is 0 Å². The summed E-state index contributed by atoms with van der Waals surface area (Å²) >= 11 is 0. The summed E-state index contributed by atoms with van der Waals surface area (Å²) in [5.41, 5.74) is 9.21. The third-order valence-electron chi connectivity index (χ3n) is 7.81. The lowest BCUT2D eigenvalue weighted by atomic mass is 9.79. The topological polar surface area (TPSA) is 78.4 Å². The van der Waals surface area contributed by atoms with Crippen molar-refractivity contribution in [3.63, 3.8) is 0 Å². The number of nitrogens with zero attached hydrogens (tertiary/aromatic N) is 4. The van der Waals surface area contributed by atoms with Gasteiger partial charge in [-0.3, -0.25) is 4.90 Å². The molecule has 2 N–H and O–H groups in total. The number of aromatic nitrogens is 3. The van der Waals surface area contributed by atoms with E-state index in [4.69, 9.17) is 15.2 Å². The Bertz CT molecular complexity index is 1220. The van der Waals surface area contributed by atoms with Gasteiger partial charge in [-0.15, -0.1) is 0 Å². The molecule has 8 heteroatoms. The van der Waals surface area contributed by atoms with Crippen molar-refractivity contribution in [2.24, 2.45) is 5.92 Å². The molecule has 1 aliphatic carbocycles. The average molecular weight is 480 g/mol. The van der Waals surface area contributed by atoms with Crippen LogP contribution in [0.15, 0.2) is 36.8 Å². The van der Waals surface area contributed by atoms with E-state index in [1.54, 1.807) is 0 Å². The first-order valence-electron chi connectivity index (χ1n) is 12.7. The highest BCUT2D eigenvalue weighted by Crippen LogP contribution is 2.43. The molecule has 2 saturated heterocycles. The molecule has 1 atom stereocenters. The van der Waals surface area contributed by atoms with Gasteiger partial charge in [0.1, 0.15) is 36.3 Å². The van der Waals surface area contributed by atoms with Gasteiger partial charge in [-0.25, -0.2) is 14.4 Å². The first-order valence-corrected chi connectivity index (χ1v) is 12.7. The summed E-state index contributed by atoms with van der Waals surface area (Å²) in [5.74, 6) is 1.91. The van der Waals surface area contributed by atoms with Gasteiger partial charge in [-0.1, -0.05) is 12.1 Å². The third kappa shape index (κ3) is 4.49. The molecule has 186 valence electrons. The lowest BCUT2D eigenvalue weighted by Gasteiger charge is -2.43. The number of hydrogen-bond acceptors (Lipinski definition) is 6. The van der Waals surface area contributed by atoms with Crippen LogP contribution in [0.4, 0.5) is 10.2 Å². The molecule has 6 rings (SSSR count). The molecule has 1 unspecified atom stereocenters. The number of anilines is 1. The number of nitrogen functional groups attached to an aromatic ring is 1. The average Bonchev–Trinajstić information content (AvgIpc) is 3.34. The normalized spacial score (nSPS) is 26.5. The Hall–Kier alpha value is -2.71. The third-order valence-corrected chi connectivity index (χ3v) is 7.81. The zero-order chi connectivity index (χ0) is 24.2. The molecule has 1 aromatic carbocycles. The molecular formula is C27H34FN5O2. The van der Waals surface area contributed by atoms with Crippen molar-refractivity contribution in [1.29, 1.82) is 0 Å². The fraction of sp³-hybridized carbons (Fsp3) is 0.556. The van der Waals surface area contributed by atoms with E-state index in [2.05, 4.69) is 51.6 Å². The van der Waals surface area contributed by atoms with Crippen molar-refractivity contribution in [2.75, 3.05) is 32.0 Å². The molecule has 7 nitrogen and oxygen atoms in total. The minimum Gasteiger partial charge on any atom is -0.491 e. The molecule has 2 aliphatic heterocycles. The Morgan fingerprint density at radius 2 is 2.06 bits per heavy atom. The van der Waals surface area contributed by atoms with Crippen molar-refractivity contribution < 1.29 is 13.9 Å². The van der Waals surface area contributed by atoms with E-state index in [1.807, 2.05) is 12.1 Å². The van der Waals surface area contributed by atoms with E-state index in [0.29, 0.717) is 37.5 Å². The quantitative estimate of drug-likeness (QED) is 0.533. The fourth-order valence-corrected chi connectivity index (χ4v) is 5.84. The number of rotatable bonds is 7. The van der Waals surface area contributed by atoms with E-state index >= 15 is 0 Å². The van der Waals surface area contributed by atoms with Crippen molar-refractivity contribution in [3.8, 4) is 16.9 Å². The van der Waals surface area contributed by atoms with Gasteiger partial charge in [0.05, 0.1) is 17.1 Å². The number of halogens is 1. The second-order valence-corrected chi connectivity index (χ2v) is 11.1. The van der Waals surface area contributed by atoms with Crippen LogP contribution in [0.1, 0.15) is 45.6 Å². The second kappa shape index (κ2) is 8.75. The number of hydrogen-bond donors (Lipinski definition) is 1. The highest BCUT2D eigenvalue weighted by molar-refractivity contribution is 6.00. The van der Waals surface area contributed by atoms with Gasteiger partial charge in [0.15, 0.2) is 0 Å². The lowest BCUT2D eigenvalue weighted by molar-refractivity contribution is -0.0326. The van der Waals surface area contributed by atoms with Crippen LogP contribution in [0.5, 0.6) is 5.75 Å². The van der Waals surface area contributed by atoms with Crippen LogP contribution in [0.2, 0.25) is 0 Å². The summed E-state index contributed by atoms with van der Waals surface area (Å²) in [6.45, 7) is 6.97. The zero-order valence-corrected chi connectivity index (χ0v) is 20.5. The predicted octanol–water partition coefficient (Wildman–Crippen LogP) is 4.62. The SMILES string of the molecule is CC1(C)CCC(COc2cccc(-c3cn(C4CC(CN5CC(F)C5)C4)c4ncnc(N)c34)c2)O1. The molecule has 2 aromatic heterocycles. The first-order chi connectivity index (χ1) is 16.8. The van der Waals surface area contributed by atoms with Crippen molar-refractivity contribution >= 4 is 16.9 Å². The predicted molar refractivity (Wildman–Crippen MR) is 134 cm³/mol. The zero-order valence-electron chi connectivity index (χ0n) is 20.5. The Labute approximate surface area is 205 Å². The van der Waals surface area contributed by atoms with Crippen LogP contribution in [0, 0.1) is 5.92 Å². The fourth-order valence-electron chi connectivity index (χ4n) is 5.84. The molecule has 0 amide bonds. The molecule has 0 bridgehead atoms. The van der Waals surface area contributed by atoms with Crippen LogP contribution in [-0.4, -0.2) is 63.6 Å².